The fraction of sp³-hybridized carbons (Fsp3) is 0.483. The van der Waals surface area contributed by atoms with E-state index in [0.717, 1.165) is 43.0 Å². The van der Waals surface area contributed by atoms with Crippen LogP contribution < -0.4 is 5.32 Å². The quantitative estimate of drug-likeness (QED) is 0.567. The minimum atomic E-state index is 0.176. The zero-order valence-electron chi connectivity index (χ0n) is 19.4. The number of aromatic nitrogens is 1. The van der Waals surface area contributed by atoms with Crippen molar-refractivity contribution in [3.05, 3.63) is 70.9 Å². The second-order valence-electron chi connectivity index (χ2n) is 10.5. The molecule has 0 radical (unpaired) electrons. The first-order valence-electron chi connectivity index (χ1n) is 12.8. The van der Waals surface area contributed by atoms with Crippen molar-refractivity contribution in [2.75, 3.05) is 19.6 Å². The number of rotatable bonds is 4. The van der Waals surface area contributed by atoms with Crippen LogP contribution in [-0.4, -0.2) is 29.5 Å². The van der Waals surface area contributed by atoms with Crippen LogP contribution in [0.5, 0.6) is 0 Å². The van der Waals surface area contributed by atoms with Gasteiger partial charge < -0.3 is 10.3 Å². The maximum Gasteiger partial charge on any atom is 0.118 e. The maximum absolute atomic E-state index is 9.17. The molecule has 3 heterocycles. The first kappa shape index (κ1) is 21.0. The number of hydrogen-bond donors (Lipinski definition) is 2. The highest BCUT2D eigenvalue weighted by molar-refractivity contribution is 5.81. The second kappa shape index (κ2) is 8.63. The molecule has 2 N–H and O–H groups in total. The van der Waals surface area contributed by atoms with E-state index < -0.39 is 0 Å². The average molecular weight is 439 g/mol. The summed E-state index contributed by atoms with van der Waals surface area (Å²) in [6, 6.07) is 20.1. The highest BCUT2D eigenvalue weighted by Crippen LogP contribution is 2.50. The Kier molecular flexibility index (Phi) is 5.48. The molecule has 2 aromatic carbocycles. The van der Waals surface area contributed by atoms with Crippen LogP contribution in [0, 0.1) is 23.2 Å². The van der Waals surface area contributed by atoms with E-state index in [2.05, 4.69) is 63.7 Å². The Labute approximate surface area is 197 Å². The number of aromatic amines is 1. The van der Waals surface area contributed by atoms with Crippen LogP contribution in [0.3, 0.4) is 0 Å². The molecule has 0 spiro atoms. The number of H-pyrrole nitrogens is 1. The van der Waals surface area contributed by atoms with Gasteiger partial charge >= 0.3 is 0 Å². The Morgan fingerprint density at radius 1 is 0.970 bits per heavy atom. The van der Waals surface area contributed by atoms with E-state index >= 15 is 0 Å². The van der Waals surface area contributed by atoms with Crippen LogP contribution in [-0.2, 0) is 18.5 Å². The van der Waals surface area contributed by atoms with Gasteiger partial charge in [-0.3, -0.25) is 4.90 Å². The molecule has 1 saturated carbocycles. The smallest absolute Gasteiger partial charge is 0.118 e. The summed E-state index contributed by atoms with van der Waals surface area (Å²) < 4.78 is 0. The summed E-state index contributed by atoms with van der Waals surface area (Å²) in [6.45, 7) is 4.44. The van der Waals surface area contributed by atoms with E-state index in [1.165, 1.54) is 50.5 Å². The van der Waals surface area contributed by atoms with E-state index in [4.69, 9.17) is 5.26 Å². The molecule has 6 rings (SSSR count). The van der Waals surface area contributed by atoms with Crippen molar-refractivity contribution in [2.45, 2.75) is 57.0 Å². The summed E-state index contributed by atoms with van der Waals surface area (Å²) in [4.78, 5) is 5.81. The molecule has 170 valence electrons. The molecule has 33 heavy (non-hydrogen) atoms. The Balaban J connectivity index is 1.21. The third kappa shape index (κ3) is 3.68. The van der Waals surface area contributed by atoms with Gasteiger partial charge in [0.15, 0.2) is 0 Å². The number of fused-ring (bicyclic) bond motifs is 2. The molecule has 3 aliphatic rings. The van der Waals surface area contributed by atoms with E-state index in [1.54, 1.807) is 11.1 Å². The predicted octanol–water partition coefficient (Wildman–Crippen LogP) is 5.48. The summed E-state index contributed by atoms with van der Waals surface area (Å²) in [5.74, 6) is 1.49. The highest BCUT2D eigenvalue weighted by atomic mass is 15.1. The van der Waals surface area contributed by atoms with E-state index in [9.17, 15) is 0 Å². The second-order valence-corrected chi connectivity index (χ2v) is 10.5. The third-order valence-corrected chi connectivity index (χ3v) is 8.72. The van der Waals surface area contributed by atoms with Crippen molar-refractivity contribution < 1.29 is 0 Å². The lowest BCUT2D eigenvalue weighted by atomic mass is 9.63. The molecule has 2 fully saturated rings. The lowest BCUT2D eigenvalue weighted by molar-refractivity contribution is 0.0535. The molecular weight excluding hydrogens is 404 g/mol. The van der Waals surface area contributed by atoms with Crippen molar-refractivity contribution >= 4 is 10.9 Å². The zero-order chi connectivity index (χ0) is 22.3. The zero-order valence-corrected chi connectivity index (χ0v) is 19.4. The molecule has 1 aromatic heterocycles. The molecule has 1 saturated heterocycles. The van der Waals surface area contributed by atoms with Crippen molar-refractivity contribution in [2.24, 2.45) is 11.8 Å². The number of nitrogens with one attached hydrogen (secondary N) is 2. The third-order valence-electron chi connectivity index (χ3n) is 8.72. The van der Waals surface area contributed by atoms with Gasteiger partial charge in [0.25, 0.3) is 0 Å². The minimum absolute atomic E-state index is 0.176. The highest BCUT2D eigenvalue weighted by Gasteiger charge is 2.49. The summed E-state index contributed by atoms with van der Waals surface area (Å²) in [7, 11) is 0. The van der Waals surface area contributed by atoms with Crippen LogP contribution in [0.2, 0.25) is 0 Å². The molecule has 1 unspecified atom stereocenters. The Morgan fingerprint density at radius 2 is 1.76 bits per heavy atom. The number of benzene rings is 2. The summed E-state index contributed by atoms with van der Waals surface area (Å²) in [5, 5.41) is 14.5. The molecule has 1 aliphatic carbocycles. The van der Waals surface area contributed by atoms with E-state index in [1.807, 2.05) is 6.07 Å². The van der Waals surface area contributed by atoms with Crippen molar-refractivity contribution in [3.63, 3.8) is 0 Å². The van der Waals surface area contributed by atoms with Crippen molar-refractivity contribution in [3.8, 4) is 6.07 Å². The monoisotopic (exact) mass is 438 g/mol. The fourth-order valence-electron chi connectivity index (χ4n) is 7.23. The largest absolute Gasteiger partial charge is 0.346 e. The number of likely N-dealkylation sites (tertiary alicyclic amines) is 1. The van der Waals surface area contributed by atoms with Crippen LogP contribution in [0.4, 0.5) is 0 Å². The van der Waals surface area contributed by atoms with Crippen molar-refractivity contribution in [1.82, 2.24) is 15.2 Å². The number of piperidine rings is 1. The van der Waals surface area contributed by atoms with Gasteiger partial charge in [0.1, 0.15) is 11.8 Å². The maximum atomic E-state index is 9.17. The Bertz CT molecular complexity index is 1170. The standard InChI is InChI=1S/C29H34N4/c30-19-26-18-23-17-21(9-10-28(23)32-26)20-33-15-12-25(13-16-33)29(24-6-2-3-7-24)27-8-4-1-5-22(27)11-14-31-29/h1,4-5,8-10,17-18,24-25,31-32H,2-3,6-7,11-16,20H2. The molecule has 0 amide bonds. The predicted molar refractivity (Wildman–Crippen MR) is 133 cm³/mol. The van der Waals surface area contributed by atoms with Crippen LogP contribution in [0.25, 0.3) is 10.9 Å². The Morgan fingerprint density at radius 3 is 2.58 bits per heavy atom. The van der Waals surface area contributed by atoms with Crippen LogP contribution >= 0.6 is 0 Å². The molecule has 1 atom stereocenters. The summed E-state index contributed by atoms with van der Waals surface area (Å²) in [6.07, 6.45) is 9.24. The van der Waals surface area contributed by atoms with Gasteiger partial charge in [-0.25, -0.2) is 0 Å². The molecule has 3 aromatic rings. The van der Waals surface area contributed by atoms with Crippen LogP contribution in [0.1, 0.15) is 60.9 Å². The van der Waals surface area contributed by atoms with Gasteiger partial charge in [0.05, 0.1) is 0 Å². The van der Waals surface area contributed by atoms with Gasteiger partial charge in [-0.1, -0.05) is 43.2 Å². The average Bonchev–Trinajstić information content (AvgIpc) is 3.54. The van der Waals surface area contributed by atoms with Gasteiger partial charge in [0.2, 0.25) is 0 Å². The molecule has 4 nitrogen and oxygen atoms in total. The summed E-state index contributed by atoms with van der Waals surface area (Å²) >= 11 is 0. The molecular formula is C29H34N4. The summed E-state index contributed by atoms with van der Waals surface area (Å²) in [5.41, 5.74) is 6.41. The van der Waals surface area contributed by atoms with Gasteiger partial charge in [-0.15, -0.1) is 0 Å². The topological polar surface area (TPSA) is 54.9 Å². The number of nitriles is 1. The molecule has 2 aliphatic heterocycles. The normalized spacial score (nSPS) is 24.7. The first-order chi connectivity index (χ1) is 16.3. The minimum Gasteiger partial charge on any atom is -0.346 e. The number of hydrogen-bond acceptors (Lipinski definition) is 3. The number of nitrogens with zero attached hydrogens (tertiary/aromatic N) is 2. The lowest BCUT2D eigenvalue weighted by Crippen LogP contribution is -2.58. The lowest BCUT2D eigenvalue weighted by Gasteiger charge is -2.52. The van der Waals surface area contributed by atoms with Gasteiger partial charge in [-0.05, 0) is 91.9 Å². The molecule has 0 bridgehead atoms. The SMILES string of the molecule is N#Cc1cc2cc(CN3CCC(C4(C5CCCC5)NCCc5ccccc54)CC3)ccc2[nH]1. The van der Waals surface area contributed by atoms with Gasteiger partial charge in [0, 0.05) is 29.5 Å². The fourth-order valence-corrected chi connectivity index (χ4v) is 7.23. The van der Waals surface area contributed by atoms with Crippen molar-refractivity contribution in [1.29, 1.82) is 5.26 Å². The first-order valence-corrected chi connectivity index (χ1v) is 12.8. The molecule has 4 heteroatoms. The van der Waals surface area contributed by atoms with Gasteiger partial charge in [-0.2, -0.15) is 5.26 Å². The Hall–Kier alpha value is -2.61. The van der Waals surface area contributed by atoms with E-state index in [0.29, 0.717) is 11.6 Å². The van der Waals surface area contributed by atoms with Crippen LogP contribution in [0.15, 0.2) is 48.5 Å². The van der Waals surface area contributed by atoms with E-state index in [-0.39, 0.29) is 5.54 Å².